The van der Waals surface area contributed by atoms with Gasteiger partial charge in [0.15, 0.2) is 0 Å². The summed E-state index contributed by atoms with van der Waals surface area (Å²) in [6, 6.07) is 9.71. The first kappa shape index (κ1) is 17.4. The number of ether oxygens (including phenoxy) is 1. The van der Waals surface area contributed by atoms with Gasteiger partial charge in [-0.2, -0.15) is 0 Å². The lowest BCUT2D eigenvalue weighted by Gasteiger charge is -2.36. The van der Waals surface area contributed by atoms with E-state index in [1.54, 1.807) is 6.20 Å². The van der Waals surface area contributed by atoms with E-state index in [1.165, 1.54) is 5.56 Å². The van der Waals surface area contributed by atoms with Crippen LogP contribution in [0, 0.1) is 13.8 Å². The van der Waals surface area contributed by atoms with Crippen molar-refractivity contribution in [3.63, 3.8) is 0 Å². The Balaban J connectivity index is 1.70. The summed E-state index contributed by atoms with van der Waals surface area (Å²) in [4.78, 5) is 19.1. The molecule has 1 saturated heterocycles. The molecule has 1 aliphatic rings. The van der Waals surface area contributed by atoms with Gasteiger partial charge < -0.3 is 15.0 Å². The summed E-state index contributed by atoms with van der Waals surface area (Å²) in [7, 11) is 0. The Kier molecular flexibility index (Phi) is 5.04. The molecular formula is C20H25N3O2. The average Bonchev–Trinajstić information content (AvgIpc) is 2.56. The number of amides is 1. The van der Waals surface area contributed by atoms with Crippen molar-refractivity contribution in [2.45, 2.75) is 39.9 Å². The number of morpholine rings is 1. The summed E-state index contributed by atoms with van der Waals surface area (Å²) in [5.74, 6) is 0.736. The van der Waals surface area contributed by atoms with Gasteiger partial charge in [0.05, 0.1) is 17.8 Å². The van der Waals surface area contributed by atoms with Crippen LogP contribution in [0.3, 0.4) is 0 Å². The topological polar surface area (TPSA) is 54.5 Å². The van der Waals surface area contributed by atoms with Crippen molar-refractivity contribution in [3.05, 3.63) is 53.2 Å². The van der Waals surface area contributed by atoms with E-state index in [0.29, 0.717) is 5.56 Å². The molecule has 1 N–H and O–H groups in total. The molecule has 0 aliphatic carbocycles. The zero-order chi connectivity index (χ0) is 18.0. The highest BCUT2D eigenvalue weighted by Gasteiger charge is 2.23. The van der Waals surface area contributed by atoms with E-state index >= 15 is 0 Å². The van der Waals surface area contributed by atoms with Crippen molar-refractivity contribution in [3.8, 4) is 0 Å². The second-order valence-corrected chi connectivity index (χ2v) is 6.84. The summed E-state index contributed by atoms with van der Waals surface area (Å²) >= 11 is 0. The van der Waals surface area contributed by atoms with Gasteiger partial charge in [0, 0.05) is 25.0 Å². The zero-order valence-corrected chi connectivity index (χ0v) is 15.2. The minimum Gasteiger partial charge on any atom is -0.372 e. The third-order valence-corrected chi connectivity index (χ3v) is 4.38. The number of hydrogen-bond donors (Lipinski definition) is 1. The first-order valence-electron chi connectivity index (χ1n) is 8.67. The molecule has 0 radical (unpaired) electrons. The van der Waals surface area contributed by atoms with Crippen LogP contribution < -0.4 is 10.2 Å². The van der Waals surface area contributed by atoms with Crippen LogP contribution in [0.2, 0.25) is 0 Å². The second kappa shape index (κ2) is 7.23. The fraction of sp³-hybridized carbons (Fsp3) is 0.400. The highest BCUT2D eigenvalue weighted by molar-refractivity contribution is 6.04. The van der Waals surface area contributed by atoms with Crippen molar-refractivity contribution in [1.29, 1.82) is 0 Å². The summed E-state index contributed by atoms with van der Waals surface area (Å²) < 4.78 is 5.75. The van der Waals surface area contributed by atoms with Crippen molar-refractivity contribution >= 4 is 17.4 Å². The predicted octanol–water partition coefficient (Wildman–Crippen LogP) is 3.56. The average molecular weight is 339 g/mol. The van der Waals surface area contributed by atoms with E-state index in [2.05, 4.69) is 35.1 Å². The van der Waals surface area contributed by atoms with Crippen LogP contribution in [0.25, 0.3) is 0 Å². The van der Waals surface area contributed by atoms with Gasteiger partial charge in [-0.3, -0.25) is 4.79 Å². The van der Waals surface area contributed by atoms with Crippen LogP contribution in [-0.4, -0.2) is 36.2 Å². The van der Waals surface area contributed by atoms with Crippen molar-refractivity contribution < 1.29 is 9.53 Å². The summed E-state index contributed by atoms with van der Waals surface area (Å²) in [6.07, 6.45) is 2.00. The van der Waals surface area contributed by atoms with Gasteiger partial charge in [-0.05, 0) is 51.5 Å². The fourth-order valence-electron chi connectivity index (χ4n) is 3.22. The van der Waals surface area contributed by atoms with E-state index in [9.17, 15) is 4.79 Å². The van der Waals surface area contributed by atoms with Gasteiger partial charge in [0.1, 0.15) is 5.82 Å². The van der Waals surface area contributed by atoms with E-state index in [-0.39, 0.29) is 18.1 Å². The third kappa shape index (κ3) is 4.17. The number of nitrogens with one attached hydrogen (secondary N) is 1. The van der Waals surface area contributed by atoms with E-state index < -0.39 is 0 Å². The Labute approximate surface area is 149 Å². The molecule has 2 atom stereocenters. The quantitative estimate of drug-likeness (QED) is 0.929. The van der Waals surface area contributed by atoms with Crippen molar-refractivity contribution in [2.75, 3.05) is 23.3 Å². The Morgan fingerprint density at radius 2 is 1.88 bits per heavy atom. The third-order valence-electron chi connectivity index (χ3n) is 4.38. The van der Waals surface area contributed by atoms with E-state index in [0.717, 1.165) is 30.2 Å². The molecular weight excluding hydrogens is 314 g/mol. The predicted molar refractivity (Wildman–Crippen MR) is 100 cm³/mol. The summed E-state index contributed by atoms with van der Waals surface area (Å²) in [5.41, 5.74) is 3.61. The van der Waals surface area contributed by atoms with Gasteiger partial charge in [-0.15, -0.1) is 0 Å². The van der Waals surface area contributed by atoms with Crippen LogP contribution >= 0.6 is 0 Å². The molecule has 3 rings (SSSR count). The van der Waals surface area contributed by atoms with Crippen molar-refractivity contribution in [2.24, 2.45) is 0 Å². The smallest absolute Gasteiger partial charge is 0.257 e. The van der Waals surface area contributed by atoms with Crippen LogP contribution in [0.15, 0.2) is 36.5 Å². The lowest BCUT2D eigenvalue weighted by molar-refractivity contribution is -0.00546. The first-order chi connectivity index (χ1) is 11.9. The Morgan fingerprint density at radius 3 is 2.48 bits per heavy atom. The number of carbonyl (C=O) groups is 1. The molecule has 2 aromatic rings. The SMILES string of the molecule is Cc1ccc(NC(=O)c2ccc(N3C[C@@H](C)O[C@H](C)C3)nc2)c(C)c1. The maximum atomic E-state index is 12.5. The summed E-state index contributed by atoms with van der Waals surface area (Å²) in [5, 5.41) is 2.95. The van der Waals surface area contributed by atoms with E-state index in [4.69, 9.17) is 4.74 Å². The van der Waals surface area contributed by atoms with Gasteiger partial charge in [-0.1, -0.05) is 17.7 Å². The van der Waals surface area contributed by atoms with E-state index in [1.807, 2.05) is 38.1 Å². The van der Waals surface area contributed by atoms with Gasteiger partial charge in [0.25, 0.3) is 5.91 Å². The monoisotopic (exact) mass is 339 g/mol. The van der Waals surface area contributed by atoms with Crippen molar-refractivity contribution in [1.82, 2.24) is 4.98 Å². The number of anilines is 2. The van der Waals surface area contributed by atoms with Gasteiger partial charge in [0.2, 0.25) is 0 Å². The highest BCUT2D eigenvalue weighted by atomic mass is 16.5. The van der Waals surface area contributed by atoms with Crippen LogP contribution in [0.5, 0.6) is 0 Å². The number of hydrogen-bond acceptors (Lipinski definition) is 4. The molecule has 0 spiro atoms. The lowest BCUT2D eigenvalue weighted by Crippen LogP contribution is -2.45. The number of aromatic nitrogens is 1. The minimum atomic E-state index is -0.144. The lowest BCUT2D eigenvalue weighted by atomic mass is 10.1. The Morgan fingerprint density at radius 1 is 1.16 bits per heavy atom. The number of nitrogens with zero attached hydrogens (tertiary/aromatic N) is 2. The Hall–Kier alpha value is -2.40. The number of aryl methyl sites for hydroxylation is 2. The number of benzene rings is 1. The summed E-state index contributed by atoms with van der Waals surface area (Å²) in [6.45, 7) is 9.78. The molecule has 1 aromatic heterocycles. The maximum absolute atomic E-state index is 12.5. The standard InChI is InChI=1S/C20H25N3O2/c1-13-5-7-18(14(2)9-13)22-20(24)17-6-8-19(21-10-17)23-11-15(3)25-16(4)12-23/h5-10,15-16H,11-12H2,1-4H3,(H,22,24)/t15-,16-/m1/s1. The van der Waals surface area contributed by atoms with Gasteiger partial charge >= 0.3 is 0 Å². The molecule has 2 heterocycles. The van der Waals surface area contributed by atoms with Crippen LogP contribution in [-0.2, 0) is 4.74 Å². The second-order valence-electron chi connectivity index (χ2n) is 6.84. The number of pyridine rings is 1. The first-order valence-corrected chi connectivity index (χ1v) is 8.67. The number of rotatable bonds is 3. The molecule has 132 valence electrons. The van der Waals surface area contributed by atoms with Crippen LogP contribution in [0.1, 0.15) is 35.3 Å². The molecule has 1 aliphatic heterocycles. The fourth-order valence-corrected chi connectivity index (χ4v) is 3.22. The molecule has 1 fully saturated rings. The minimum absolute atomic E-state index is 0.144. The molecule has 25 heavy (non-hydrogen) atoms. The largest absolute Gasteiger partial charge is 0.372 e. The molecule has 1 aromatic carbocycles. The molecule has 5 nitrogen and oxygen atoms in total. The van der Waals surface area contributed by atoms with Crippen LogP contribution in [0.4, 0.5) is 11.5 Å². The molecule has 0 saturated carbocycles. The number of carbonyl (C=O) groups excluding carboxylic acids is 1. The maximum Gasteiger partial charge on any atom is 0.257 e. The molecule has 1 amide bonds. The highest BCUT2D eigenvalue weighted by Crippen LogP contribution is 2.20. The zero-order valence-electron chi connectivity index (χ0n) is 15.2. The Bertz CT molecular complexity index is 748. The molecule has 0 bridgehead atoms. The molecule has 0 unspecified atom stereocenters. The van der Waals surface area contributed by atoms with Gasteiger partial charge in [-0.25, -0.2) is 4.98 Å². The normalized spacial score (nSPS) is 20.4. The molecule has 5 heteroatoms.